The average Bonchev–Trinajstić information content (AvgIpc) is 2.71. The molecule has 4 unspecified atom stereocenters. The molecule has 3 aliphatic heterocycles. The molecule has 3 fully saturated rings. The Morgan fingerprint density at radius 1 is 1.38 bits per heavy atom. The van der Waals surface area contributed by atoms with Gasteiger partial charge in [-0.15, -0.1) is 0 Å². The summed E-state index contributed by atoms with van der Waals surface area (Å²) in [6, 6.07) is 7.99. The Labute approximate surface area is 171 Å². The lowest BCUT2D eigenvalue weighted by molar-refractivity contribution is -0.0541. The molecule has 6 heteroatoms. The van der Waals surface area contributed by atoms with Crippen LogP contribution in [0, 0.1) is 11.8 Å². The van der Waals surface area contributed by atoms with Crippen molar-refractivity contribution in [2.45, 2.75) is 29.8 Å². The van der Waals surface area contributed by atoms with Crippen LogP contribution in [0.15, 0.2) is 30.5 Å². The SMILES string of the molecule is COc1ccc2nccc([C@@H](O)[C@@H]3CC4CCN3CC4C(Br)CBr)c2c1. The summed E-state index contributed by atoms with van der Waals surface area (Å²) in [7, 11) is 1.67. The number of nitrogens with zero attached hydrogens (tertiary/aromatic N) is 2. The van der Waals surface area contributed by atoms with E-state index >= 15 is 0 Å². The second kappa shape index (κ2) is 7.74. The quantitative estimate of drug-likeness (QED) is 0.649. The number of methoxy groups -OCH3 is 1. The van der Waals surface area contributed by atoms with E-state index < -0.39 is 6.10 Å². The maximum absolute atomic E-state index is 11.3. The molecule has 2 bridgehead atoms. The molecule has 4 heterocycles. The lowest BCUT2D eigenvalue weighted by Crippen LogP contribution is -2.57. The Hall–Kier alpha value is -0.690. The molecule has 0 spiro atoms. The van der Waals surface area contributed by atoms with Gasteiger partial charge in [0.1, 0.15) is 5.75 Å². The van der Waals surface area contributed by atoms with E-state index in [-0.39, 0.29) is 6.04 Å². The van der Waals surface area contributed by atoms with Crippen LogP contribution in [0.3, 0.4) is 0 Å². The highest BCUT2D eigenvalue weighted by atomic mass is 79.9. The zero-order valence-electron chi connectivity index (χ0n) is 14.8. The van der Waals surface area contributed by atoms with E-state index in [1.165, 1.54) is 6.42 Å². The molecular weight excluding hydrogens is 460 g/mol. The summed E-state index contributed by atoms with van der Waals surface area (Å²) in [5.41, 5.74) is 1.86. The van der Waals surface area contributed by atoms with Gasteiger partial charge in [-0.1, -0.05) is 31.9 Å². The molecule has 4 nitrogen and oxygen atoms in total. The third kappa shape index (κ3) is 3.30. The summed E-state index contributed by atoms with van der Waals surface area (Å²) >= 11 is 7.44. The Bertz CT molecular complexity index is 787. The van der Waals surface area contributed by atoms with Crippen LogP contribution in [0.2, 0.25) is 0 Å². The molecule has 26 heavy (non-hydrogen) atoms. The summed E-state index contributed by atoms with van der Waals surface area (Å²) in [4.78, 5) is 7.43. The molecule has 0 amide bonds. The molecule has 3 saturated heterocycles. The van der Waals surface area contributed by atoms with E-state index in [0.717, 1.165) is 47.1 Å². The topological polar surface area (TPSA) is 45.6 Å². The summed E-state index contributed by atoms with van der Waals surface area (Å²) in [6.45, 7) is 2.14. The van der Waals surface area contributed by atoms with Crippen molar-refractivity contribution >= 4 is 42.8 Å². The van der Waals surface area contributed by atoms with Crippen molar-refractivity contribution in [1.82, 2.24) is 9.88 Å². The predicted octanol–water partition coefficient (Wildman–Crippen LogP) is 4.15. The average molecular weight is 484 g/mol. The Kier molecular flexibility index (Phi) is 5.56. The molecule has 5 rings (SSSR count). The molecule has 2 aromatic rings. The van der Waals surface area contributed by atoms with Crippen molar-refractivity contribution in [3.05, 3.63) is 36.0 Å². The van der Waals surface area contributed by atoms with Gasteiger partial charge < -0.3 is 9.84 Å². The van der Waals surface area contributed by atoms with Crippen LogP contribution < -0.4 is 4.74 Å². The first-order valence-corrected chi connectivity index (χ1v) is 11.2. The largest absolute Gasteiger partial charge is 0.497 e. The lowest BCUT2D eigenvalue weighted by Gasteiger charge is -2.52. The van der Waals surface area contributed by atoms with E-state index in [1.54, 1.807) is 13.3 Å². The highest BCUT2D eigenvalue weighted by Gasteiger charge is 2.45. The Morgan fingerprint density at radius 2 is 2.23 bits per heavy atom. The van der Waals surface area contributed by atoms with Gasteiger partial charge in [-0.05, 0) is 61.1 Å². The second-order valence-corrected chi connectivity index (χ2v) is 9.23. The number of alkyl halides is 2. The summed E-state index contributed by atoms with van der Waals surface area (Å²) in [5, 5.41) is 13.2. The van der Waals surface area contributed by atoms with E-state index in [4.69, 9.17) is 4.74 Å². The Morgan fingerprint density at radius 3 is 2.92 bits per heavy atom. The van der Waals surface area contributed by atoms with E-state index in [1.807, 2.05) is 24.3 Å². The van der Waals surface area contributed by atoms with Crippen molar-refractivity contribution in [3.8, 4) is 5.75 Å². The lowest BCUT2D eigenvalue weighted by atomic mass is 9.72. The fraction of sp³-hybridized carbons (Fsp3) is 0.550. The van der Waals surface area contributed by atoms with E-state index in [0.29, 0.717) is 16.7 Å². The number of halogens is 2. The smallest absolute Gasteiger partial charge is 0.119 e. The van der Waals surface area contributed by atoms with Gasteiger partial charge in [0, 0.05) is 34.3 Å². The van der Waals surface area contributed by atoms with Gasteiger partial charge in [-0.2, -0.15) is 0 Å². The molecule has 0 aliphatic carbocycles. The number of fused-ring (bicyclic) bond motifs is 4. The number of aliphatic hydroxyl groups is 1. The van der Waals surface area contributed by atoms with Gasteiger partial charge in [0.2, 0.25) is 0 Å². The number of pyridine rings is 1. The number of hydrogen-bond acceptors (Lipinski definition) is 4. The first-order valence-electron chi connectivity index (χ1n) is 9.17. The minimum atomic E-state index is -0.505. The van der Waals surface area contributed by atoms with Crippen LogP contribution in [0.25, 0.3) is 10.9 Å². The second-order valence-electron chi connectivity index (χ2n) is 7.41. The van der Waals surface area contributed by atoms with Crippen LogP contribution in [-0.2, 0) is 0 Å². The van der Waals surface area contributed by atoms with Crippen molar-refractivity contribution in [2.24, 2.45) is 11.8 Å². The summed E-state index contributed by atoms with van der Waals surface area (Å²) < 4.78 is 5.38. The number of aromatic nitrogens is 1. The third-order valence-electron chi connectivity index (χ3n) is 6.13. The highest BCUT2D eigenvalue weighted by Crippen LogP contribution is 2.44. The minimum Gasteiger partial charge on any atom is -0.497 e. The predicted molar refractivity (Wildman–Crippen MR) is 111 cm³/mol. The van der Waals surface area contributed by atoms with Gasteiger partial charge >= 0.3 is 0 Å². The van der Waals surface area contributed by atoms with Crippen molar-refractivity contribution < 1.29 is 9.84 Å². The molecule has 6 atom stereocenters. The maximum atomic E-state index is 11.3. The van der Waals surface area contributed by atoms with Crippen LogP contribution in [0.4, 0.5) is 0 Å². The number of aliphatic hydroxyl groups excluding tert-OH is 1. The molecule has 1 aromatic heterocycles. The normalized spacial score (nSPS) is 30.3. The molecule has 1 N–H and O–H groups in total. The molecule has 3 aliphatic rings. The monoisotopic (exact) mass is 482 g/mol. The standard InChI is InChI=1S/C20H24Br2N2O2/c1-26-13-2-3-18-15(9-13)14(4-6-23-18)20(25)19-8-12-5-7-24(19)11-16(12)17(22)10-21/h2-4,6,9,12,16-17,19-20,25H,5,7-8,10-11H2,1H3/t12?,16?,17?,19-,20+/m0/s1. The minimum absolute atomic E-state index is 0.178. The molecule has 0 saturated carbocycles. The first-order chi connectivity index (χ1) is 12.6. The summed E-state index contributed by atoms with van der Waals surface area (Å²) in [5.74, 6) is 2.12. The molecule has 1 aromatic carbocycles. The fourth-order valence-electron chi connectivity index (χ4n) is 4.70. The Balaban J connectivity index is 1.63. The third-order valence-corrected chi connectivity index (χ3v) is 8.70. The van der Waals surface area contributed by atoms with Gasteiger partial charge in [0.05, 0.1) is 18.7 Å². The van der Waals surface area contributed by atoms with Crippen LogP contribution in [-0.4, -0.2) is 51.4 Å². The van der Waals surface area contributed by atoms with E-state index in [9.17, 15) is 5.11 Å². The number of benzene rings is 1. The number of rotatable bonds is 5. The number of hydrogen-bond donors (Lipinski definition) is 1. The van der Waals surface area contributed by atoms with Crippen molar-refractivity contribution in [2.75, 3.05) is 25.5 Å². The van der Waals surface area contributed by atoms with Crippen LogP contribution >= 0.6 is 31.9 Å². The van der Waals surface area contributed by atoms with Crippen molar-refractivity contribution in [3.63, 3.8) is 0 Å². The zero-order valence-corrected chi connectivity index (χ0v) is 18.0. The van der Waals surface area contributed by atoms with Gasteiger partial charge in [-0.3, -0.25) is 9.88 Å². The zero-order chi connectivity index (χ0) is 18.3. The molecular formula is C20H24Br2N2O2. The highest BCUT2D eigenvalue weighted by molar-refractivity contribution is 9.12. The van der Waals surface area contributed by atoms with E-state index in [2.05, 4.69) is 41.7 Å². The van der Waals surface area contributed by atoms with Crippen LogP contribution in [0.1, 0.15) is 24.5 Å². The van der Waals surface area contributed by atoms with Gasteiger partial charge in [-0.25, -0.2) is 0 Å². The van der Waals surface area contributed by atoms with Crippen molar-refractivity contribution in [1.29, 1.82) is 0 Å². The molecule has 0 radical (unpaired) electrons. The van der Waals surface area contributed by atoms with Crippen LogP contribution in [0.5, 0.6) is 5.75 Å². The van der Waals surface area contributed by atoms with Gasteiger partial charge in [0.15, 0.2) is 0 Å². The maximum Gasteiger partial charge on any atom is 0.119 e. The fourth-order valence-corrected chi connectivity index (χ4v) is 5.78. The molecule has 140 valence electrons. The summed E-state index contributed by atoms with van der Waals surface area (Å²) in [6.07, 6.45) is 3.57. The number of ether oxygens (including phenoxy) is 1. The first kappa shape index (κ1) is 18.7. The number of piperidine rings is 3. The van der Waals surface area contributed by atoms with Gasteiger partial charge in [0.25, 0.3) is 0 Å².